The predicted octanol–water partition coefficient (Wildman–Crippen LogP) is 3.04. The molecule has 1 heterocycles. The highest BCUT2D eigenvalue weighted by molar-refractivity contribution is 6.67. The molecule has 0 aliphatic rings. The summed E-state index contributed by atoms with van der Waals surface area (Å²) in [5.41, 5.74) is -0.384. The largest absolute Gasteiger partial charge is 0.439 e. The van der Waals surface area contributed by atoms with Gasteiger partial charge in [-0.3, -0.25) is 4.79 Å². The molecule has 0 saturated heterocycles. The van der Waals surface area contributed by atoms with E-state index >= 15 is 0 Å². The molecule has 0 bridgehead atoms. The Morgan fingerprint density at radius 1 is 1.24 bits per heavy atom. The Labute approximate surface area is 196 Å². The number of carbonyl (C=O) groups excluding carboxylic acids is 1. The molecule has 0 amide bonds. The lowest BCUT2D eigenvalue weighted by Gasteiger charge is -2.39. The van der Waals surface area contributed by atoms with Crippen LogP contribution in [0.4, 0.5) is 5.82 Å². The molecular formula is C24H32BN3O5. The van der Waals surface area contributed by atoms with E-state index in [4.69, 9.17) is 14.1 Å². The number of nitrogens with zero attached hydrogens (tertiary/aromatic N) is 3. The van der Waals surface area contributed by atoms with Crippen LogP contribution in [0.1, 0.15) is 43.6 Å². The lowest BCUT2D eigenvalue weighted by Crippen LogP contribution is -2.52. The number of benzene rings is 1. The van der Waals surface area contributed by atoms with E-state index in [0.29, 0.717) is 47.2 Å². The number of methoxy groups -OCH3 is 1. The fourth-order valence-electron chi connectivity index (χ4n) is 3.06. The van der Waals surface area contributed by atoms with Crippen LogP contribution in [0.2, 0.25) is 6.82 Å². The van der Waals surface area contributed by atoms with E-state index in [9.17, 15) is 15.2 Å². The first kappa shape index (κ1) is 26.3. The van der Waals surface area contributed by atoms with Crippen molar-refractivity contribution in [2.45, 2.75) is 45.7 Å². The summed E-state index contributed by atoms with van der Waals surface area (Å²) in [6, 6.07) is 10.5. The first-order chi connectivity index (χ1) is 15.4. The fraction of sp³-hybridized carbons (Fsp3) is 0.458. The molecule has 1 aromatic carbocycles. The Morgan fingerprint density at radius 2 is 1.94 bits per heavy atom. The number of rotatable bonds is 11. The standard InChI is InChI=1S/C24H32BN3O5/c1-23(2,30)24(3,4)33-25(5)20-10-9-19(14-18(20)16-29)32-21-11-8-17(15-26)22(27-21)28(6)12-13-31-7/h8-11,14,16,30H,12-13H2,1-7H3. The topological polar surface area (TPSA) is 105 Å². The molecule has 176 valence electrons. The molecule has 0 radical (unpaired) electrons. The Morgan fingerprint density at radius 3 is 2.52 bits per heavy atom. The van der Waals surface area contributed by atoms with Gasteiger partial charge < -0.3 is 24.1 Å². The average molecular weight is 453 g/mol. The average Bonchev–Trinajstić information content (AvgIpc) is 2.76. The quantitative estimate of drug-likeness (QED) is 0.409. The van der Waals surface area contributed by atoms with Gasteiger partial charge in [-0.1, -0.05) is 12.9 Å². The van der Waals surface area contributed by atoms with E-state index < -0.39 is 18.1 Å². The van der Waals surface area contributed by atoms with E-state index in [1.54, 1.807) is 65.1 Å². The van der Waals surface area contributed by atoms with Crippen molar-refractivity contribution in [2.24, 2.45) is 0 Å². The maximum Gasteiger partial charge on any atom is 0.325 e. The fourth-order valence-corrected chi connectivity index (χ4v) is 3.06. The highest BCUT2D eigenvalue weighted by Gasteiger charge is 2.38. The predicted molar refractivity (Wildman–Crippen MR) is 129 cm³/mol. The third-order valence-corrected chi connectivity index (χ3v) is 5.75. The third kappa shape index (κ3) is 6.54. The molecule has 0 saturated carbocycles. The Hall–Kier alpha value is -2.93. The first-order valence-corrected chi connectivity index (χ1v) is 10.7. The molecule has 2 rings (SSSR count). The molecule has 9 heteroatoms. The van der Waals surface area contributed by atoms with Crippen LogP contribution in [0.25, 0.3) is 0 Å². The maximum atomic E-state index is 11.8. The van der Waals surface area contributed by atoms with Gasteiger partial charge in [0.05, 0.1) is 23.4 Å². The van der Waals surface area contributed by atoms with Gasteiger partial charge in [0.25, 0.3) is 0 Å². The molecular weight excluding hydrogens is 421 g/mol. The van der Waals surface area contributed by atoms with Crippen molar-refractivity contribution in [2.75, 3.05) is 32.2 Å². The van der Waals surface area contributed by atoms with Crippen LogP contribution < -0.4 is 15.1 Å². The number of aliphatic hydroxyl groups is 1. The number of aromatic nitrogens is 1. The number of hydrogen-bond acceptors (Lipinski definition) is 8. The summed E-state index contributed by atoms with van der Waals surface area (Å²) in [7, 11) is 3.43. The molecule has 0 atom stereocenters. The summed E-state index contributed by atoms with van der Waals surface area (Å²) in [6.45, 7) is 9.42. The molecule has 0 spiro atoms. The Balaban J connectivity index is 2.28. The zero-order chi connectivity index (χ0) is 24.8. The van der Waals surface area contributed by atoms with Gasteiger partial charge in [-0.05, 0) is 51.4 Å². The van der Waals surface area contributed by atoms with Crippen molar-refractivity contribution in [3.05, 3.63) is 41.5 Å². The SMILES string of the molecule is COCCN(C)c1nc(Oc2ccc(B(C)OC(C)(C)C(C)(C)O)c(C=O)c2)ccc1C#N. The van der Waals surface area contributed by atoms with Crippen molar-refractivity contribution in [1.82, 2.24) is 4.98 Å². The second-order valence-electron chi connectivity index (χ2n) is 8.89. The molecule has 1 aromatic heterocycles. The molecule has 1 N–H and O–H groups in total. The van der Waals surface area contributed by atoms with E-state index in [-0.39, 0.29) is 0 Å². The van der Waals surface area contributed by atoms with Crippen LogP contribution in [-0.2, 0) is 9.39 Å². The second kappa shape index (κ2) is 10.8. The van der Waals surface area contributed by atoms with E-state index in [2.05, 4.69) is 11.1 Å². The number of ether oxygens (including phenoxy) is 2. The summed E-state index contributed by atoms with van der Waals surface area (Å²) >= 11 is 0. The van der Waals surface area contributed by atoms with E-state index in [1.165, 1.54) is 0 Å². The summed E-state index contributed by atoms with van der Waals surface area (Å²) in [5.74, 6) is 1.21. The summed E-state index contributed by atoms with van der Waals surface area (Å²) in [4.78, 5) is 18.1. The molecule has 0 aliphatic heterocycles. The first-order valence-electron chi connectivity index (χ1n) is 10.7. The van der Waals surface area contributed by atoms with Crippen LogP contribution in [0.5, 0.6) is 11.6 Å². The highest BCUT2D eigenvalue weighted by atomic mass is 16.5. The van der Waals surface area contributed by atoms with Crippen molar-refractivity contribution in [3.63, 3.8) is 0 Å². The second-order valence-corrected chi connectivity index (χ2v) is 8.89. The Kier molecular flexibility index (Phi) is 8.61. The van der Waals surface area contributed by atoms with Crippen LogP contribution in [0.15, 0.2) is 30.3 Å². The lowest BCUT2D eigenvalue weighted by atomic mass is 9.61. The molecule has 0 unspecified atom stereocenters. The van der Waals surface area contributed by atoms with Crippen LogP contribution in [0.3, 0.4) is 0 Å². The van der Waals surface area contributed by atoms with E-state index in [0.717, 1.165) is 6.29 Å². The van der Waals surface area contributed by atoms with Crippen molar-refractivity contribution in [3.8, 4) is 17.7 Å². The van der Waals surface area contributed by atoms with E-state index in [1.807, 2.05) is 18.8 Å². The van der Waals surface area contributed by atoms with Crippen LogP contribution in [-0.4, -0.2) is 61.8 Å². The van der Waals surface area contributed by atoms with Gasteiger partial charge >= 0.3 is 6.92 Å². The molecule has 0 aliphatic carbocycles. The monoisotopic (exact) mass is 453 g/mol. The number of carbonyl (C=O) groups is 1. The normalized spacial score (nSPS) is 11.6. The number of hydrogen-bond donors (Lipinski definition) is 1. The smallest absolute Gasteiger partial charge is 0.325 e. The third-order valence-electron chi connectivity index (χ3n) is 5.75. The minimum absolute atomic E-state index is 0.297. The maximum absolute atomic E-state index is 11.8. The number of aldehydes is 1. The number of likely N-dealkylation sites (N-methyl/N-ethyl adjacent to an activating group) is 1. The lowest BCUT2D eigenvalue weighted by molar-refractivity contribution is -0.0918. The summed E-state index contributed by atoms with van der Waals surface area (Å²) in [5, 5.41) is 19.8. The number of nitriles is 1. The van der Waals surface area contributed by atoms with Crippen LogP contribution >= 0.6 is 0 Å². The van der Waals surface area contributed by atoms with Gasteiger partial charge in [-0.25, -0.2) is 0 Å². The van der Waals surface area contributed by atoms with Gasteiger partial charge in [-0.2, -0.15) is 10.2 Å². The molecule has 8 nitrogen and oxygen atoms in total. The molecule has 33 heavy (non-hydrogen) atoms. The van der Waals surface area contributed by atoms with Gasteiger partial charge in [0.1, 0.15) is 23.9 Å². The van der Waals surface area contributed by atoms with Gasteiger partial charge in [0.2, 0.25) is 5.88 Å². The minimum atomic E-state index is -1.07. The van der Waals surface area contributed by atoms with Crippen molar-refractivity contribution < 1.29 is 24.0 Å². The molecule has 2 aromatic rings. The number of pyridine rings is 1. The van der Waals surface area contributed by atoms with Crippen molar-refractivity contribution in [1.29, 1.82) is 5.26 Å². The number of anilines is 1. The van der Waals surface area contributed by atoms with Gasteiger partial charge in [-0.15, -0.1) is 0 Å². The zero-order valence-electron chi connectivity index (χ0n) is 20.4. The van der Waals surface area contributed by atoms with Gasteiger partial charge in [0, 0.05) is 32.3 Å². The highest BCUT2D eigenvalue weighted by Crippen LogP contribution is 2.27. The summed E-state index contributed by atoms with van der Waals surface area (Å²) in [6.07, 6.45) is 0.745. The summed E-state index contributed by atoms with van der Waals surface area (Å²) < 4.78 is 17.1. The minimum Gasteiger partial charge on any atom is -0.439 e. The van der Waals surface area contributed by atoms with Crippen LogP contribution in [0, 0.1) is 11.3 Å². The molecule has 0 fully saturated rings. The van der Waals surface area contributed by atoms with Gasteiger partial charge in [0.15, 0.2) is 0 Å². The zero-order valence-corrected chi connectivity index (χ0v) is 20.4. The Bertz CT molecular complexity index is 1010. The van der Waals surface area contributed by atoms with Crippen molar-refractivity contribution >= 4 is 24.5 Å².